The summed E-state index contributed by atoms with van der Waals surface area (Å²) in [5.74, 6) is 0. The van der Waals surface area contributed by atoms with Gasteiger partial charge in [-0.3, -0.25) is 0 Å². The van der Waals surface area contributed by atoms with Gasteiger partial charge in [-0.2, -0.15) is 0 Å². The molecule has 0 saturated heterocycles. The first kappa shape index (κ1) is 72.9. The van der Waals surface area contributed by atoms with E-state index < -0.39 is 73.2 Å². The topological polar surface area (TPSA) is 607 Å². The molecule has 0 rings (SSSR count). The van der Waals surface area contributed by atoms with Crippen LogP contribution < -0.4 is 18.9 Å². The summed E-state index contributed by atoms with van der Waals surface area (Å²) in [5, 5.41) is 215. The van der Waals surface area contributed by atoms with Gasteiger partial charge in [0.25, 0.3) is 0 Å². The number of rotatable bonds is 0. The molecule has 0 aliphatic rings. The van der Waals surface area contributed by atoms with Crippen molar-refractivity contribution in [1.82, 2.24) is 0 Å². The van der Waals surface area contributed by atoms with Crippen molar-refractivity contribution in [2.75, 3.05) is 0 Å². The summed E-state index contributed by atoms with van der Waals surface area (Å²) < 4.78 is 0. The largest absolute Gasteiger partial charge is 1.00 e. The smallest absolute Gasteiger partial charge is 1.00 e. The summed E-state index contributed by atoms with van der Waals surface area (Å²) >= 11 is 0. The van der Waals surface area contributed by atoms with E-state index in [2.05, 4.69) is 0 Å². The van der Waals surface area contributed by atoms with Crippen molar-refractivity contribution in [3.05, 3.63) is 0 Å². The minimum Gasteiger partial charge on any atom is -1.00 e. The van der Waals surface area contributed by atoms with Crippen LogP contribution in [0.3, 0.4) is 0 Å². The Hall–Kier alpha value is 0.0468. The van der Waals surface area contributed by atoms with Gasteiger partial charge in [-0.05, 0) is 0 Å². The van der Waals surface area contributed by atoms with Gasteiger partial charge in [-0.25, -0.2) is 0 Å². The van der Waals surface area contributed by atoms with Crippen LogP contribution in [-0.4, -0.2) is 224 Å². The monoisotopic (exact) mass is 628 g/mol. The fourth-order valence-electron chi connectivity index (χ4n) is 0. The molecule has 30 N–H and O–H groups in total. The van der Waals surface area contributed by atoms with Crippen molar-refractivity contribution in [2.45, 2.75) is 0 Å². The van der Waals surface area contributed by atoms with E-state index in [0.717, 1.165) is 0 Å². The van der Waals surface area contributed by atoms with Crippen LogP contribution in [0, 0.1) is 0 Å². The van der Waals surface area contributed by atoms with E-state index in [1.807, 2.05) is 0 Å². The van der Waals surface area contributed by atoms with Crippen LogP contribution in [-0.2, 0) is 0 Å². The molecule has 0 unspecified atom stereocenters. The van der Waals surface area contributed by atoms with Crippen LogP contribution >= 0.6 is 0 Å². The van der Waals surface area contributed by atoms with Crippen molar-refractivity contribution in [2.24, 2.45) is 0 Å². The van der Waals surface area contributed by atoms with Crippen molar-refractivity contribution in [1.29, 1.82) is 0 Å². The zero-order chi connectivity index (χ0) is 35.8. The maximum Gasteiger partial charge on any atom is 1.00 e. The summed E-state index contributed by atoms with van der Waals surface area (Å²) in [4.78, 5) is 0. The third-order valence-electron chi connectivity index (χ3n) is 0. The summed E-state index contributed by atoms with van der Waals surface area (Å²) in [5.41, 5.74) is 0. The second-order valence-corrected chi connectivity index (χ2v) is 3.46. The second kappa shape index (κ2) is 67.6. The summed E-state index contributed by atoms with van der Waals surface area (Å²) in [6.45, 7) is 0. The zero-order valence-electron chi connectivity index (χ0n) is 21.2. The van der Waals surface area contributed by atoms with Crippen LogP contribution in [0.5, 0.6) is 0 Å². The Kier molecular flexibility index (Phi) is 120. The van der Waals surface area contributed by atoms with Crippen LogP contribution in [0.25, 0.3) is 0 Å². The molecule has 0 saturated carbocycles. The van der Waals surface area contributed by atoms with Crippen LogP contribution in [0.15, 0.2) is 0 Å². The molecule has 242 valence electrons. The Bertz CT molecular complexity index is 193. The quantitative estimate of drug-likeness (QED) is 0.111. The second-order valence-electron chi connectivity index (χ2n) is 3.46. The molecular formula is H31B10LiO30. The van der Waals surface area contributed by atoms with Crippen LogP contribution in [0.2, 0.25) is 0 Å². The van der Waals surface area contributed by atoms with E-state index in [0.29, 0.717) is 0 Å². The molecule has 0 spiro atoms. The minimum absolute atomic E-state index is 0. The molecule has 41 heavy (non-hydrogen) atoms. The number of hydrogen-bond donors (Lipinski definition) is 30. The molecule has 0 aromatic rings. The third-order valence-corrected chi connectivity index (χ3v) is 0. The molecule has 0 amide bonds. The van der Waals surface area contributed by atoms with Crippen molar-refractivity contribution in [3.63, 3.8) is 0 Å². The van der Waals surface area contributed by atoms with E-state index in [1.165, 1.54) is 0 Å². The summed E-state index contributed by atoms with van der Waals surface area (Å²) in [6, 6.07) is 0. The average molecular weight is 626 g/mol. The maximum atomic E-state index is 7.17. The molecule has 0 atom stereocenters. The Morgan fingerprint density at radius 2 is 0.146 bits per heavy atom. The van der Waals surface area contributed by atoms with Gasteiger partial charge in [0.15, 0.2) is 0 Å². The molecule has 0 heterocycles. The standard InChI is InChI=1S/10BH3O3.Li.H/c10*2-1(3)4;;/h10*2-4H;;/q;;;;;;;;;;+1;-1. The fraction of sp³-hybridized carbons (Fsp3) is 0. The van der Waals surface area contributed by atoms with Crippen molar-refractivity contribution >= 4 is 73.2 Å². The molecular weight excluding hydrogens is 595 g/mol. The van der Waals surface area contributed by atoms with Gasteiger partial charge < -0.3 is 152 Å². The summed E-state index contributed by atoms with van der Waals surface area (Å²) in [6.07, 6.45) is 0. The third kappa shape index (κ3) is 26500000. The van der Waals surface area contributed by atoms with E-state index >= 15 is 0 Å². The normalized spacial score (nSPS) is 6.59. The molecule has 0 fully saturated rings. The first-order chi connectivity index (χ1) is 17.3. The van der Waals surface area contributed by atoms with Gasteiger partial charge >= 0.3 is 92.1 Å². The van der Waals surface area contributed by atoms with Crippen molar-refractivity contribution in [3.8, 4) is 0 Å². The predicted octanol–water partition coefficient (Wildman–Crippen LogP) is -23.4. The van der Waals surface area contributed by atoms with Gasteiger partial charge in [0.05, 0.1) is 0 Å². The van der Waals surface area contributed by atoms with Gasteiger partial charge in [-0.1, -0.05) is 0 Å². The van der Waals surface area contributed by atoms with Gasteiger partial charge in [0.2, 0.25) is 0 Å². The zero-order valence-corrected chi connectivity index (χ0v) is 20.2. The Balaban J connectivity index is -0.0000000237. The Labute approximate surface area is 244 Å². The van der Waals surface area contributed by atoms with Crippen LogP contribution in [0.1, 0.15) is 1.43 Å². The minimum atomic E-state index is -2.17. The maximum absolute atomic E-state index is 7.17. The average Bonchev–Trinajstić information content (AvgIpc) is 2.47. The van der Waals surface area contributed by atoms with E-state index in [4.69, 9.17) is 151 Å². The van der Waals surface area contributed by atoms with Gasteiger partial charge in [0, 0.05) is 0 Å². The summed E-state index contributed by atoms with van der Waals surface area (Å²) in [7, 11) is -21.7. The molecule has 0 aliphatic carbocycles. The predicted molar refractivity (Wildman–Crippen MR) is 125 cm³/mol. The fourth-order valence-corrected chi connectivity index (χ4v) is 0. The Morgan fingerprint density at radius 1 is 0.146 bits per heavy atom. The first-order valence-corrected chi connectivity index (χ1v) is 7.75. The molecule has 41 heteroatoms. The van der Waals surface area contributed by atoms with E-state index in [1.54, 1.807) is 0 Å². The van der Waals surface area contributed by atoms with Crippen LogP contribution in [0.4, 0.5) is 0 Å². The number of hydrogen-bond acceptors (Lipinski definition) is 30. The van der Waals surface area contributed by atoms with Gasteiger partial charge in [-0.15, -0.1) is 0 Å². The SMILES string of the molecule is OB(O)O.OB(O)O.OB(O)O.OB(O)O.OB(O)O.OB(O)O.OB(O)O.OB(O)O.OB(O)O.OB(O)O.[H-].[Li+]. The van der Waals surface area contributed by atoms with Gasteiger partial charge in [0.1, 0.15) is 0 Å². The van der Waals surface area contributed by atoms with E-state index in [9.17, 15) is 0 Å². The molecule has 0 aromatic heterocycles. The van der Waals surface area contributed by atoms with Crippen molar-refractivity contribution < 1.29 is 171 Å². The molecule has 0 aromatic carbocycles. The molecule has 0 aliphatic heterocycles. The first-order valence-electron chi connectivity index (χ1n) is 7.75. The molecule has 0 radical (unpaired) electrons. The van der Waals surface area contributed by atoms with E-state index in [-0.39, 0.29) is 20.3 Å². The molecule has 0 bridgehead atoms. The Morgan fingerprint density at radius 3 is 0.146 bits per heavy atom. The molecule has 30 nitrogen and oxygen atoms in total.